The molecule has 1 aromatic heterocycles. The van der Waals surface area contributed by atoms with E-state index in [-0.39, 0.29) is 10.6 Å². The van der Waals surface area contributed by atoms with Gasteiger partial charge in [-0.15, -0.1) is 0 Å². The molecule has 0 aromatic carbocycles. The summed E-state index contributed by atoms with van der Waals surface area (Å²) in [7, 11) is -3.52. The highest BCUT2D eigenvalue weighted by Gasteiger charge is 2.20. The highest BCUT2D eigenvalue weighted by atomic mass is 32.2. The standard InChI is InChI=1S/C11H14N4O2S/c12-7-10-3-4-11(8-14-10)18(16,17)15-6-5-13-9-1-2-9/h3-4,8-9,13,15H,1-2,5-6H2. The van der Waals surface area contributed by atoms with Gasteiger partial charge in [0.2, 0.25) is 10.0 Å². The second-order valence-electron chi connectivity index (χ2n) is 4.12. The summed E-state index contributed by atoms with van der Waals surface area (Å²) in [4.78, 5) is 3.81. The van der Waals surface area contributed by atoms with Crippen molar-refractivity contribution < 1.29 is 8.42 Å². The summed E-state index contributed by atoms with van der Waals surface area (Å²) in [6.45, 7) is 0.965. The Morgan fingerprint density at radius 3 is 2.72 bits per heavy atom. The minimum atomic E-state index is -3.52. The number of pyridine rings is 1. The lowest BCUT2D eigenvalue weighted by Crippen LogP contribution is -2.32. The fraction of sp³-hybridized carbons (Fsp3) is 0.455. The molecular weight excluding hydrogens is 252 g/mol. The monoisotopic (exact) mass is 266 g/mol. The Morgan fingerprint density at radius 2 is 2.17 bits per heavy atom. The van der Waals surface area contributed by atoms with Crippen LogP contribution in [0.4, 0.5) is 0 Å². The summed E-state index contributed by atoms with van der Waals surface area (Å²) in [6.07, 6.45) is 3.54. The highest BCUT2D eigenvalue weighted by Crippen LogP contribution is 2.17. The van der Waals surface area contributed by atoms with E-state index in [2.05, 4.69) is 15.0 Å². The van der Waals surface area contributed by atoms with Gasteiger partial charge >= 0.3 is 0 Å². The van der Waals surface area contributed by atoms with Crippen LogP contribution < -0.4 is 10.0 Å². The summed E-state index contributed by atoms with van der Waals surface area (Å²) in [6, 6.07) is 5.17. The molecule has 1 heterocycles. The molecule has 2 rings (SSSR count). The molecule has 7 heteroatoms. The third-order valence-corrected chi connectivity index (χ3v) is 4.03. The van der Waals surface area contributed by atoms with Crippen LogP contribution in [-0.4, -0.2) is 32.5 Å². The summed E-state index contributed by atoms with van der Waals surface area (Å²) >= 11 is 0. The van der Waals surface area contributed by atoms with Gasteiger partial charge in [-0.25, -0.2) is 18.1 Å². The molecule has 96 valence electrons. The maximum atomic E-state index is 11.8. The number of hydrogen-bond donors (Lipinski definition) is 2. The van der Waals surface area contributed by atoms with E-state index in [4.69, 9.17) is 5.26 Å². The van der Waals surface area contributed by atoms with Crippen molar-refractivity contribution in [3.8, 4) is 6.07 Å². The van der Waals surface area contributed by atoms with E-state index in [0.29, 0.717) is 19.1 Å². The molecule has 1 fully saturated rings. The number of nitrogens with zero attached hydrogens (tertiary/aromatic N) is 2. The van der Waals surface area contributed by atoms with Crippen LogP contribution in [0.2, 0.25) is 0 Å². The molecule has 0 radical (unpaired) electrons. The molecule has 0 aliphatic heterocycles. The third-order valence-electron chi connectivity index (χ3n) is 2.59. The van der Waals surface area contributed by atoms with E-state index >= 15 is 0 Å². The fourth-order valence-electron chi connectivity index (χ4n) is 1.44. The zero-order valence-corrected chi connectivity index (χ0v) is 10.6. The van der Waals surface area contributed by atoms with Crippen molar-refractivity contribution in [1.29, 1.82) is 5.26 Å². The van der Waals surface area contributed by atoms with Crippen LogP contribution in [0.15, 0.2) is 23.2 Å². The van der Waals surface area contributed by atoms with E-state index < -0.39 is 10.0 Å². The molecule has 0 atom stereocenters. The van der Waals surface area contributed by atoms with Crippen LogP contribution in [0.1, 0.15) is 18.5 Å². The summed E-state index contributed by atoms with van der Waals surface area (Å²) in [5.41, 5.74) is 0.198. The smallest absolute Gasteiger partial charge is 0.242 e. The Kier molecular flexibility index (Phi) is 3.91. The Balaban J connectivity index is 1.89. The van der Waals surface area contributed by atoms with Crippen LogP contribution in [0.25, 0.3) is 0 Å². The van der Waals surface area contributed by atoms with E-state index in [1.807, 2.05) is 6.07 Å². The second kappa shape index (κ2) is 5.44. The minimum absolute atomic E-state index is 0.0768. The van der Waals surface area contributed by atoms with E-state index in [1.165, 1.54) is 31.2 Å². The summed E-state index contributed by atoms with van der Waals surface area (Å²) < 4.78 is 26.1. The van der Waals surface area contributed by atoms with Crippen LogP contribution in [0.3, 0.4) is 0 Å². The first-order valence-electron chi connectivity index (χ1n) is 5.71. The summed E-state index contributed by atoms with van der Waals surface area (Å²) in [5.74, 6) is 0. The van der Waals surface area contributed by atoms with Crippen molar-refractivity contribution in [1.82, 2.24) is 15.0 Å². The van der Waals surface area contributed by atoms with Crippen LogP contribution in [0, 0.1) is 11.3 Å². The number of nitriles is 1. The SMILES string of the molecule is N#Cc1ccc(S(=O)(=O)NCCNC2CC2)cn1. The molecule has 0 saturated heterocycles. The van der Waals surface area contributed by atoms with Crippen LogP contribution >= 0.6 is 0 Å². The molecule has 1 saturated carbocycles. The van der Waals surface area contributed by atoms with Gasteiger partial charge in [0, 0.05) is 25.3 Å². The number of hydrogen-bond acceptors (Lipinski definition) is 5. The number of aromatic nitrogens is 1. The third kappa shape index (κ3) is 3.50. The number of sulfonamides is 1. The number of rotatable bonds is 6. The van der Waals surface area contributed by atoms with Gasteiger partial charge in [0.25, 0.3) is 0 Å². The molecular formula is C11H14N4O2S. The Hall–Kier alpha value is -1.49. The lowest BCUT2D eigenvalue weighted by molar-refractivity contribution is 0.575. The van der Waals surface area contributed by atoms with Crippen molar-refractivity contribution >= 4 is 10.0 Å². The molecule has 0 unspecified atom stereocenters. The average molecular weight is 266 g/mol. The molecule has 0 spiro atoms. The fourth-order valence-corrected chi connectivity index (χ4v) is 2.41. The predicted octanol–water partition coefficient (Wildman–Crippen LogP) is -0.0164. The topological polar surface area (TPSA) is 94.9 Å². The van der Waals surface area contributed by atoms with Crippen molar-refractivity contribution in [3.05, 3.63) is 24.0 Å². The van der Waals surface area contributed by atoms with Gasteiger partial charge in [0.15, 0.2) is 0 Å². The predicted molar refractivity (Wildman–Crippen MR) is 65.2 cm³/mol. The van der Waals surface area contributed by atoms with Gasteiger partial charge in [-0.2, -0.15) is 5.26 Å². The second-order valence-corrected chi connectivity index (χ2v) is 5.88. The maximum Gasteiger partial charge on any atom is 0.242 e. The van der Waals surface area contributed by atoms with E-state index in [9.17, 15) is 8.42 Å². The first-order valence-corrected chi connectivity index (χ1v) is 7.19. The Labute approximate surface area is 106 Å². The first-order chi connectivity index (χ1) is 8.62. The summed E-state index contributed by atoms with van der Waals surface area (Å²) in [5, 5.41) is 11.8. The highest BCUT2D eigenvalue weighted by molar-refractivity contribution is 7.89. The normalized spacial score (nSPS) is 15.3. The van der Waals surface area contributed by atoms with Gasteiger partial charge in [0.1, 0.15) is 16.7 Å². The molecule has 1 aliphatic rings. The van der Waals surface area contributed by atoms with Crippen molar-refractivity contribution in [3.63, 3.8) is 0 Å². The van der Waals surface area contributed by atoms with Crippen LogP contribution in [-0.2, 0) is 10.0 Å². The molecule has 6 nitrogen and oxygen atoms in total. The van der Waals surface area contributed by atoms with Crippen molar-refractivity contribution in [2.75, 3.05) is 13.1 Å². The van der Waals surface area contributed by atoms with E-state index in [0.717, 1.165) is 0 Å². The van der Waals surface area contributed by atoms with E-state index in [1.54, 1.807) is 0 Å². The Morgan fingerprint density at radius 1 is 1.39 bits per heavy atom. The maximum absolute atomic E-state index is 11.8. The molecule has 1 aliphatic carbocycles. The lowest BCUT2D eigenvalue weighted by Gasteiger charge is -2.06. The van der Waals surface area contributed by atoms with Gasteiger partial charge < -0.3 is 5.32 Å². The molecule has 1 aromatic rings. The van der Waals surface area contributed by atoms with Gasteiger partial charge in [-0.3, -0.25) is 0 Å². The average Bonchev–Trinajstić information content (AvgIpc) is 3.19. The van der Waals surface area contributed by atoms with Crippen LogP contribution in [0.5, 0.6) is 0 Å². The minimum Gasteiger partial charge on any atom is -0.313 e. The molecule has 18 heavy (non-hydrogen) atoms. The quantitative estimate of drug-likeness (QED) is 0.706. The molecule has 2 N–H and O–H groups in total. The molecule has 0 bridgehead atoms. The van der Waals surface area contributed by atoms with Crippen molar-refractivity contribution in [2.24, 2.45) is 0 Å². The zero-order valence-electron chi connectivity index (χ0n) is 9.76. The van der Waals surface area contributed by atoms with Gasteiger partial charge in [0.05, 0.1) is 0 Å². The van der Waals surface area contributed by atoms with Gasteiger partial charge in [-0.05, 0) is 25.0 Å². The Bertz CT molecular complexity index is 543. The first kappa shape index (κ1) is 13.0. The van der Waals surface area contributed by atoms with Gasteiger partial charge in [-0.1, -0.05) is 0 Å². The largest absolute Gasteiger partial charge is 0.313 e. The molecule has 0 amide bonds. The zero-order chi connectivity index (χ0) is 13.0. The lowest BCUT2D eigenvalue weighted by atomic mass is 10.4. The van der Waals surface area contributed by atoms with Crippen molar-refractivity contribution in [2.45, 2.75) is 23.8 Å². The number of nitrogens with one attached hydrogen (secondary N) is 2.